The van der Waals surface area contributed by atoms with E-state index in [0.29, 0.717) is 24.7 Å². The molecule has 40 heavy (non-hydrogen) atoms. The molecule has 0 spiro atoms. The van der Waals surface area contributed by atoms with E-state index in [1.807, 2.05) is 54.6 Å². The summed E-state index contributed by atoms with van der Waals surface area (Å²) in [6.07, 6.45) is 0.257. The monoisotopic (exact) mass is 629 g/mol. The van der Waals surface area contributed by atoms with Crippen molar-refractivity contribution >= 4 is 43.5 Å². The molecule has 1 heterocycles. The van der Waals surface area contributed by atoms with Gasteiger partial charge in [-0.05, 0) is 42.3 Å². The van der Waals surface area contributed by atoms with E-state index in [9.17, 15) is 18.0 Å². The number of ether oxygens (including phenoxy) is 2. The SMILES string of the molecule is CCS(=O)(=O)N(CC(=O)N(Cc1ccc(Br)cc1)[C@@H](Cc1ccccc1)C(=O)NC)c1ccc2c(c1)OCCO2. The molecule has 212 valence electrons. The molecule has 3 aromatic rings. The number of anilines is 1. The van der Waals surface area contributed by atoms with Gasteiger partial charge in [0.05, 0.1) is 11.4 Å². The first-order valence-electron chi connectivity index (χ1n) is 12.9. The Hall–Kier alpha value is -3.57. The molecular formula is C29H32BrN3O6S. The summed E-state index contributed by atoms with van der Waals surface area (Å²) in [5, 5.41) is 2.67. The van der Waals surface area contributed by atoms with Crippen molar-refractivity contribution < 1.29 is 27.5 Å². The van der Waals surface area contributed by atoms with Crippen LogP contribution in [0.15, 0.2) is 77.3 Å². The highest BCUT2D eigenvalue weighted by atomic mass is 79.9. The molecule has 0 saturated heterocycles. The molecule has 1 N–H and O–H groups in total. The second-order valence-corrected chi connectivity index (χ2v) is 12.3. The summed E-state index contributed by atoms with van der Waals surface area (Å²) < 4.78 is 39.7. The zero-order valence-corrected chi connectivity index (χ0v) is 24.8. The lowest BCUT2D eigenvalue weighted by Crippen LogP contribution is -2.53. The number of hydrogen-bond acceptors (Lipinski definition) is 6. The molecule has 0 aliphatic carbocycles. The lowest BCUT2D eigenvalue weighted by Gasteiger charge is -2.33. The number of halogens is 1. The lowest BCUT2D eigenvalue weighted by atomic mass is 10.0. The van der Waals surface area contributed by atoms with E-state index in [0.717, 1.165) is 19.9 Å². The van der Waals surface area contributed by atoms with Crippen molar-refractivity contribution in [2.75, 3.05) is 36.9 Å². The van der Waals surface area contributed by atoms with E-state index in [4.69, 9.17) is 9.47 Å². The summed E-state index contributed by atoms with van der Waals surface area (Å²) in [4.78, 5) is 28.7. The van der Waals surface area contributed by atoms with Gasteiger partial charge in [0.2, 0.25) is 21.8 Å². The maximum atomic E-state index is 14.1. The van der Waals surface area contributed by atoms with Gasteiger partial charge in [0.25, 0.3) is 0 Å². The summed E-state index contributed by atoms with van der Waals surface area (Å²) in [6.45, 7) is 1.87. The second-order valence-electron chi connectivity index (χ2n) is 9.20. The van der Waals surface area contributed by atoms with Crippen molar-refractivity contribution in [3.05, 3.63) is 88.4 Å². The van der Waals surface area contributed by atoms with Crippen molar-refractivity contribution in [3.63, 3.8) is 0 Å². The van der Waals surface area contributed by atoms with Crippen LogP contribution in [0, 0.1) is 0 Å². The first-order chi connectivity index (χ1) is 19.2. The highest BCUT2D eigenvalue weighted by Crippen LogP contribution is 2.35. The van der Waals surface area contributed by atoms with E-state index in [2.05, 4.69) is 21.2 Å². The number of likely N-dealkylation sites (N-methyl/N-ethyl adjacent to an activating group) is 1. The maximum absolute atomic E-state index is 14.1. The van der Waals surface area contributed by atoms with Crippen LogP contribution in [-0.4, -0.2) is 63.7 Å². The van der Waals surface area contributed by atoms with Crippen molar-refractivity contribution in [1.29, 1.82) is 0 Å². The standard InChI is InChI=1S/C29H32BrN3O6S/c1-3-40(36,37)33(24-13-14-26-27(18-24)39-16-15-38-26)20-28(34)32(19-22-9-11-23(30)12-10-22)25(29(35)31-2)17-21-7-5-4-6-8-21/h4-14,18,25H,3,15-17,19-20H2,1-2H3,(H,31,35)/t25-/m0/s1. The van der Waals surface area contributed by atoms with Crippen LogP contribution in [0.4, 0.5) is 5.69 Å². The van der Waals surface area contributed by atoms with E-state index >= 15 is 0 Å². The molecule has 0 aromatic heterocycles. The van der Waals surface area contributed by atoms with E-state index in [-0.39, 0.29) is 30.3 Å². The lowest BCUT2D eigenvalue weighted by molar-refractivity contribution is -0.139. The molecule has 0 saturated carbocycles. The average molecular weight is 631 g/mol. The van der Waals surface area contributed by atoms with Gasteiger partial charge in [0, 0.05) is 30.6 Å². The summed E-state index contributed by atoms with van der Waals surface area (Å²) in [5.74, 6) is -0.163. The summed E-state index contributed by atoms with van der Waals surface area (Å²) in [7, 11) is -2.36. The van der Waals surface area contributed by atoms with Crippen LogP contribution >= 0.6 is 15.9 Å². The smallest absolute Gasteiger partial charge is 0.244 e. The first kappa shape index (κ1) is 29.4. The van der Waals surface area contributed by atoms with Gasteiger partial charge >= 0.3 is 0 Å². The molecule has 2 amide bonds. The van der Waals surface area contributed by atoms with Crippen molar-refractivity contribution in [2.45, 2.75) is 25.9 Å². The highest BCUT2D eigenvalue weighted by Gasteiger charge is 2.33. The van der Waals surface area contributed by atoms with Gasteiger partial charge in [-0.25, -0.2) is 8.42 Å². The second kappa shape index (κ2) is 13.2. The van der Waals surface area contributed by atoms with Gasteiger partial charge in [0.1, 0.15) is 25.8 Å². The number of nitrogens with zero attached hydrogens (tertiary/aromatic N) is 2. The van der Waals surface area contributed by atoms with Gasteiger partial charge in [-0.2, -0.15) is 0 Å². The summed E-state index contributed by atoms with van der Waals surface area (Å²) in [5.41, 5.74) is 1.94. The predicted octanol–water partition coefficient (Wildman–Crippen LogP) is 3.76. The van der Waals surface area contributed by atoms with Crippen molar-refractivity contribution in [2.24, 2.45) is 0 Å². The normalized spacial score (nSPS) is 13.3. The highest BCUT2D eigenvalue weighted by molar-refractivity contribution is 9.10. The van der Waals surface area contributed by atoms with Crippen LogP contribution in [0.1, 0.15) is 18.1 Å². The van der Waals surface area contributed by atoms with Gasteiger partial charge in [-0.3, -0.25) is 13.9 Å². The van der Waals surface area contributed by atoms with Gasteiger partial charge in [-0.1, -0.05) is 58.4 Å². The Labute approximate surface area is 243 Å². The number of hydrogen-bond donors (Lipinski definition) is 1. The third-order valence-corrected chi connectivity index (χ3v) is 8.85. The number of carbonyl (C=O) groups excluding carboxylic acids is 2. The van der Waals surface area contributed by atoms with Gasteiger partial charge < -0.3 is 19.7 Å². The van der Waals surface area contributed by atoms with Gasteiger partial charge in [0.15, 0.2) is 11.5 Å². The average Bonchev–Trinajstić information content (AvgIpc) is 2.98. The molecule has 0 radical (unpaired) electrons. The zero-order valence-electron chi connectivity index (χ0n) is 22.4. The number of carbonyl (C=O) groups is 2. The fourth-order valence-corrected chi connectivity index (χ4v) is 5.73. The molecule has 9 nitrogen and oxygen atoms in total. The van der Waals surface area contributed by atoms with E-state index in [1.165, 1.54) is 18.9 Å². The van der Waals surface area contributed by atoms with Crippen molar-refractivity contribution in [3.8, 4) is 11.5 Å². The van der Waals surface area contributed by atoms with E-state index in [1.54, 1.807) is 18.2 Å². The molecule has 1 atom stereocenters. The minimum atomic E-state index is -3.87. The molecule has 0 bridgehead atoms. The Morgan fingerprint density at radius 2 is 1.62 bits per heavy atom. The minimum Gasteiger partial charge on any atom is -0.486 e. The molecule has 3 aromatic carbocycles. The number of nitrogens with one attached hydrogen (secondary N) is 1. The topological polar surface area (TPSA) is 105 Å². The summed E-state index contributed by atoms with van der Waals surface area (Å²) >= 11 is 3.43. The van der Waals surface area contributed by atoms with Gasteiger partial charge in [-0.15, -0.1) is 0 Å². The Morgan fingerprint density at radius 1 is 0.950 bits per heavy atom. The van der Waals surface area contributed by atoms with Crippen LogP contribution in [0.5, 0.6) is 11.5 Å². The van der Waals surface area contributed by atoms with Crippen LogP contribution < -0.4 is 19.1 Å². The fourth-order valence-electron chi connectivity index (χ4n) is 4.41. The number of benzene rings is 3. The molecule has 1 aliphatic heterocycles. The number of rotatable bonds is 11. The molecule has 1 aliphatic rings. The Bertz CT molecular complexity index is 1430. The van der Waals surface area contributed by atoms with Crippen LogP contribution in [0.2, 0.25) is 0 Å². The van der Waals surface area contributed by atoms with Crippen LogP contribution in [-0.2, 0) is 32.6 Å². The Balaban J connectivity index is 1.72. The third-order valence-electron chi connectivity index (χ3n) is 6.58. The summed E-state index contributed by atoms with van der Waals surface area (Å²) in [6, 6.07) is 20.7. The largest absolute Gasteiger partial charge is 0.486 e. The zero-order chi connectivity index (χ0) is 28.7. The first-order valence-corrected chi connectivity index (χ1v) is 15.3. The predicted molar refractivity (Wildman–Crippen MR) is 157 cm³/mol. The number of fused-ring (bicyclic) bond motifs is 1. The number of sulfonamides is 1. The third kappa shape index (κ3) is 7.14. The molecule has 0 fully saturated rings. The van der Waals surface area contributed by atoms with E-state index < -0.39 is 28.5 Å². The fraction of sp³-hybridized carbons (Fsp3) is 0.310. The molecule has 4 rings (SSSR count). The molecule has 0 unspecified atom stereocenters. The van der Waals surface area contributed by atoms with Crippen LogP contribution in [0.25, 0.3) is 0 Å². The molecule has 11 heteroatoms. The number of amides is 2. The Kier molecular flexibility index (Phi) is 9.70. The Morgan fingerprint density at radius 3 is 2.27 bits per heavy atom. The minimum absolute atomic E-state index is 0.109. The van der Waals surface area contributed by atoms with Crippen LogP contribution in [0.3, 0.4) is 0 Å². The quantitative estimate of drug-likeness (QED) is 0.346. The molecular weight excluding hydrogens is 598 g/mol. The maximum Gasteiger partial charge on any atom is 0.244 e. The van der Waals surface area contributed by atoms with Crippen molar-refractivity contribution in [1.82, 2.24) is 10.2 Å².